The number of fused-ring (bicyclic) bond motifs is 1. The Morgan fingerprint density at radius 2 is 1.88 bits per heavy atom. The summed E-state index contributed by atoms with van der Waals surface area (Å²) in [6, 6.07) is 3.70. The molecule has 176 valence electrons. The summed E-state index contributed by atoms with van der Waals surface area (Å²) in [5.41, 5.74) is 0.421. The Kier molecular flexibility index (Phi) is 8.34. The molecule has 7 nitrogen and oxygen atoms in total. The molecule has 1 aromatic carbocycles. The van der Waals surface area contributed by atoms with Gasteiger partial charge in [0.05, 0.1) is 24.1 Å². The van der Waals surface area contributed by atoms with Crippen molar-refractivity contribution in [3.8, 4) is 11.5 Å². The van der Waals surface area contributed by atoms with Gasteiger partial charge in [0.2, 0.25) is 5.91 Å². The highest BCUT2D eigenvalue weighted by Crippen LogP contribution is 2.31. The number of nitrogens with zero attached hydrogens (tertiary/aromatic N) is 1. The number of carbonyl (C=O) groups is 1. The smallest absolute Gasteiger partial charge is 0.262 e. The van der Waals surface area contributed by atoms with Gasteiger partial charge < -0.3 is 19.8 Å². The Bertz CT molecular complexity index is 1060. The van der Waals surface area contributed by atoms with Crippen LogP contribution in [0.5, 0.6) is 11.5 Å². The van der Waals surface area contributed by atoms with Crippen LogP contribution in [0.2, 0.25) is 0 Å². The van der Waals surface area contributed by atoms with Crippen molar-refractivity contribution < 1.29 is 14.3 Å². The zero-order valence-electron chi connectivity index (χ0n) is 19.5. The van der Waals surface area contributed by atoms with Crippen LogP contribution < -0.4 is 20.3 Å². The van der Waals surface area contributed by atoms with Gasteiger partial charge in [-0.15, -0.1) is 0 Å². The molecule has 1 aromatic heterocycles. The van der Waals surface area contributed by atoms with Gasteiger partial charge >= 0.3 is 0 Å². The Hall–Kier alpha value is -2.35. The van der Waals surface area contributed by atoms with Crippen molar-refractivity contribution in [2.45, 2.75) is 72.4 Å². The second-order valence-corrected chi connectivity index (χ2v) is 9.03. The molecule has 3 atom stereocenters. The third kappa shape index (κ3) is 5.52. The van der Waals surface area contributed by atoms with E-state index in [2.05, 4.69) is 24.1 Å². The predicted molar refractivity (Wildman–Crippen MR) is 129 cm³/mol. The molecule has 1 fully saturated rings. The van der Waals surface area contributed by atoms with E-state index in [9.17, 15) is 9.59 Å². The lowest BCUT2D eigenvalue weighted by Crippen LogP contribution is -2.43. The number of hydrogen-bond donors (Lipinski definition) is 2. The van der Waals surface area contributed by atoms with Crippen molar-refractivity contribution >= 4 is 29.0 Å². The summed E-state index contributed by atoms with van der Waals surface area (Å²) in [4.78, 5) is 28.7. The number of carbonyl (C=O) groups excluding carboxylic acids is 1. The average Bonchev–Trinajstić information content (AvgIpc) is 2.75. The van der Waals surface area contributed by atoms with Gasteiger partial charge in [0.1, 0.15) is 0 Å². The quantitative estimate of drug-likeness (QED) is 0.534. The van der Waals surface area contributed by atoms with Crippen molar-refractivity contribution in [1.82, 2.24) is 14.9 Å². The van der Waals surface area contributed by atoms with E-state index in [4.69, 9.17) is 21.7 Å². The van der Waals surface area contributed by atoms with Crippen LogP contribution in [-0.2, 0) is 11.3 Å². The maximum absolute atomic E-state index is 13.1. The van der Waals surface area contributed by atoms with E-state index in [1.165, 1.54) is 11.0 Å². The summed E-state index contributed by atoms with van der Waals surface area (Å²) in [5.74, 6) is 2.28. The van der Waals surface area contributed by atoms with Crippen LogP contribution in [0.25, 0.3) is 10.9 Å². The lowest BCUT2D eigenvalue weighted by molar-refractivity contribution is -0.122. The standard InChI is InChI=1S/C24H35N3O4S/c1-5-30-20-13-17-19(14-21(20)31-6-2)26-24(32)27(23(17)29)12-8-11-22(28)25-18-10-7-9-15(3)16(18)4/h13-16,18H,5-12H2,1-4H3,(H,25,28)(H,26,32). The molecule has 1 saturated carbocycles. The van der Waals surface area contributed by atoms with Crippen molar-refractivity contribution in [3.05, 3.63) is 27.3 Å². The van der Waals surface area contributed by atoms with Crippen LogP contribution in [0.4, 0.5) is 0 Å². The minimum atomic E-state index is -0.192. The maximum Gasteiger partial charge on any atom is 0.262 e. The molecule has 0 bridgehead atoms. The zero-order valence-corrected chi connectivity index (χ0v) is 20.3. The summed E-state index contributed by atoms with van der Waals surface area (Å²) in [6.07, 6.45) is 4.34. The summed E-state index contributed by atoms with van der Waals surface area (Å²) >= 11 is 5.43. The zero-order chi connectivity index (χ0) is 23.3. The predicted octanol–water partition coefficient (Wildman–Crippen LogP) is 4.58. The van der Waals surface area contributed by atoms with E-state index < -0.39 is 0 Å². The molecule has 1 heterocycles. The van der Waals surface area contributed by atoms with E-state index in [1.54, 1.807) is 12.1 Å². The highest BCUT2D eigenvalue weighted by atomic mass is 32.1. The topological polar surface area (TPSA) is 85.4 Å². The molecule has 3 rings (SSSR count). The lowest BCUT2D eigenvalue weighted by atomic mass is 9.78. The Labute approximate surface area is 194 Å². The first-order chi connectivity index (χ1) is 15.3. The normalized spacial score (nSPS) is 20.8. The molecule has 0 saturated heterocycles. The van der Waals surface area contributed by atoms with Crippen LogP contribution >= 0.6 is 12.2 Å². The summed E-state index contributed by atoms with van der Waals surface area (Å²) in [5, 5.41) is 3.68. The number of hydrogen-bond acceptors (Lipinski definition) is 5. The molecular formula is C24H35N3O4S. The van der Waals surface area contributed by atoms with Gasteiger partial charge in [0.15, 0.2) is 16.3 Å². The van der Waals surface area contributed by atoms with Crippen LogP contribution in [-0.4, -0.2) is 34.7 Å². The van der Waals surface area contributed by atoms with Gasteiger partial charge in [-0.2, -0.15) is 0 Å². The van der Waals surface area contributed by atoms with Gasteiger partial charge in [-0.25, -0.2) is 0 Å². The highest BCUT2D eigenvalue weighted by molar-refractivity contribution is 7.71. The van der Waals surface area contributed by atoms with E-state index in [1.807, 2.05) is 13.8 Å². The van der Waals surface area contributed by atoms with Crippen molar-refractivity contribution in [3.63, 3.8) is 0 Å². The minimum absolute atomic E-state index is 0.0414. The van der Waals surface area contributed by atoms with Gasteiger partial charge in [-0.3, -0.25) is 14.2 Å². The van der Waals surface area contributed by atoms with Crippen molar-refractivity contribution in [2.75, 3.05) is 13.2 Å². The Balaban J connectivity index is 1.71. The van der Waals surface area contributed by atoms with Gasteiger partial charge in [-0.1, -0.05) is 26.7 Å². The second-order valence-electron chi connectivity index (χ2n) is 8.64. The fourth-order valence-electron chi connectivity index (χ4n) is 4.46. The number of aromatic nitrogens is 2. The summed E-state index contributed by atoms with van der Waals surface area (Å²) in [6.45, 7) is 9.59. The molecule has 32 heavy (non-hydrogen) atoms. The van der Waals surface area contributed by atoms with Crippen LogP contribution in [0.1, 0.15) is 59.8 Å². The van der Waals surface area contributed by atoms with Crippen molar-refractivity contribution in [2.24, 2.45) is 11.8 Å². The molecule has 1 aliphatic carbocycles. The Morgan fingerprint density at radius 1 is 1.19 bits per heavy atom. The van der Waals surface area contributed by atoms with Gasteiger partial charge in [0.25, 0.3) is 5.56 Å². The third-order valence-corrected chi connectivity index (χ3v) is 6.81. The van der Waals surface area contributed by atoms with Crippen LogP contribution in [0.15, 0.2) is 16.9 Å². The molecule has 0 spiro atoms. The third-order valence-electron chi connectivity index (χ3n) is 6.48. The minimum Gasteiger partial charge on any atom is -0.490 e. The average molecular weight is 462 g/mol. The van der Waals surface area contributed by atoms with E-state index in [-0.39, 0.29) is 17.5 Å². The van der Waals surface area contributed by atoms with Gasteiger partial charge in [0, 0.05) is 25.1 Å². The number of H-pyrrole nitrogens is 1. The molecule has 2 aromatic rings. The number of aromatic amines is 1. The molecule has 2 N–H and O–H groups in total. The number of rotatable bonds is 9. The SMILES string of the molecule is CCOc1cc2[nH]c(=S)n(CCCC(=O)NC3CCCC(C)C3C)c(=O)c2cc1OCC. The summed E-state index contributed by atoms with van der Waals surface area (Å²) < 4.78 is 13.2. The number of nitrogens with one attached hydrogen (secondary N) is 2. The molecule has 0 aliphatic heterocycles. The van der Waals surface area contributed by atoms with E-state index >= 15 is 0 Å². The summed E-state index contributed by atoms with van der Waals surface area (Å²) in [7, 11) is 0. The number of ether oxygens (including phenoxy) is 2. The van der Waals surface area contributed by atoms with Gasteiger partial charge in [-0.05, 0) is 56.8 Å². The first-order valence-electron chi connectivity index (χ1n) is 11.7. The van der Waals surface area contributed by atoms with E-state index in [0.29, 0.717) is 71.6 Å². The molecule has 3 unspecified atom stereocenters. The first kappa shape index (κ1) is 24.3. The molecule has 0 radical (unpaired) electrons. The monoisotopic (exact) mass is 461 g/mol. The maximum atomic E-state index is 13.1. The number of amides is 1. The molecule has 1 aliphatic rings. The fraction of sp³-hybridized carbons (Fsp3) is 0.625. The Morgan fingerprint density at radius 3 is 2.56 bits per heavy atom. The number of benzene rings is 1. The lowest BCUT2D eigenvalue weighted by Gasteiger charge is -2.34. The molecule has 8 heteroatoms. The largest absolute Gasteiger partial charge is 0.490 e. The first-order valence-corrected chi connectivity index (χ1v) is 12.1. The molecule has 1 amide bonds. The van der Waals surface area contributed by atoms with E-state index in [0.717, 1.165) is 12.8 Å². The van der Waals surface area contributed by atoms with Crippen molar-refractivity contribution in [1.29, 1.82) is 0 Å². The second kappa shape index (κ2) is 11.0. The fourth-order valence-corrected chi connectivity index (χ4v) is 4.75. The highest BCUT2D eigenvalue weighted by Gasteiger charge is 2.27. The van der Waals surface area contributed by atoms with Crippen LogP contribution in [0, 0.1) is 16.6 Å². The molecular weight excluding hydrogens is 426 g/mol. The van der Waals surface area contributed by atoms with Crippen LogP contribution in [0.3, 0.4) is 0 Å².